The zero-order valence-electron chi connectivity index (χ0n) is 14.7. The summed E-state index contributed by atoms with van der Waals surface area (Å²) in [6.07, 6.45) is 0. The molecule has 0 saturated carbocycles. The van der Waals surface area contributed by atoms with Crippen molar-refractivity contribution in [2.75, 3.05) is 14.2 Å². The minimum Gasteiger partial charge on any atom is -0.493 e. The number of benzene rings is 2. The van der Waals surface area contributed by atoms with E-state index in [0.29, 0.717) is 36.1 Å². The normalized spacial score (nSPS) is 10.6. The average Bonchev–Trinajstić information content (AvgIpc) is 2.64. The number of amides is 1. The molecule has 26 heavy (non-hydrogen) atoms. The van der Waals surface area contributed by atoms with Crippen LogP contribution in [0.4, 0.5) is 0 Å². The first-order chi connectivity index (χ1) is 12.0. The van der Waals surface area contributed by atoms with Crippen molar-refractivity contribution in [3.05, 3.63) is 59.2 Å². The predicted octanol–water partition coefficient (Wildman–Crippen LogP) is 2.03. The van der Waals surface area contributed by atoms with E-state index < -0.39 is 5.91 Å². The van der Waals surface area contributed by atoms with Gasteiger partial charge in [0.25, 0.3) is 0 Å². The Morgan fingerprint density at radius 1 is 1.00 bits per heavy atom. The maximum absolute atomic E-state index is 11.0. The summed E-state index contributed by atoms with van der Waals surface area (Å²) in [7, 11) is 3.18. The van der Waals surface area contributed by atoms with Gasteiger partial charge in [-0.15, -0.1) is 24.0 Å². The van der Waals surface area contributed by atoms with Crippen molar-refractivity contribution in [2.45, 2.75) is 13.1 Å². The van der Waals surface area contributed by atoms with E-state index in [4.69, 9.17) is 20.9 Å². The molecular weight excluding hydrogens is 447 g/mol. The molecule has 0 saturated heterocycles. The zero-order valence-corrected chi connectivity index (χ0v) is 17.0. The largest absolute Gasteiger partial charge is 0.493 e. The molecule has 0 atom stereocenters. The van der Waals surface area contributed by atoms with Crippen LogP contribution in [0, 0.1) is 0 Å². The summed E-state index contributed by atoms with van der Waals surface area (Å²) < 4.78 is 10.5. The van der Waals surface area contributed by atoms with Crippen molar-refractivity contribution in [1.29, 1.82) is 0 Å². The van der Waals surface area contributed by atoms with Crippen LogP contribution >= 0.6 is 24.0 Å². The third kappa shape index (κ3) is 6.10. The van der Waals surface area contributed by atoms with E-state index >= 15 is 0 Å². The number of nitrogens with zero attached hydrogens (tertiary/aromatic N) is 1. The topological polar surface area (TPSA) is 112 Å². The average molecular weight is 470 g/mol. The quantitative estimate of drug-likeness (QED) is 0.326. The second-order valence-electron chi connectivity index (χ2n) is 5.31. The Bertz CT molecular complexity index is 764. The molecule has 0 fully saturated rings. The van der Waals surface area contributed by atoms with E-state index in [1.54, 1.807) is 26.4 Å². The maximum Gasteiger partial charge on any atom is 0.248 e. The molecule has 5 N–H and O–H groups in total. The predicted molar refractivity (Wildman–Crippen MR) is 112 cm³/mol. The molecule has 1 amide bonds. The lowest BCUT2D eigenvalue weighted by Crippen LogP contribution is -2.31. The maximum atomic E-state index is 11.0. The molecule has 0 bridgehead atoms. The summed E-state index contributed by atoms with van der Waals surface area (Å²) in [6, 6.07) is 12.6. The van der Waals surface area contributed by atoms with E-state index in [0.717, 1.165) is 11.1 Å². The van der Waals surface area contributed by atoms with Crippen LogP contribution in [0.1, 0.15) is 21.5 Å². The van der Waals surface area contributed by atoms with Crippen molar-refractivity contribution in [1.82, 2.24) is 5.32 Å². The highest BCUT2D eigenvalue weighted by atomic mass is 127. The first-order valence-corrected chi connectivity index (χ1v) is 7.67. The van der Waals surface area contributed by atoms with Gasteiger partial charge in [0.15, 0.2) is 17.5 Å². The number of guanidine groups is 1. The number of aliphatic imine (C=N–C) groups is 1. The molecule has 0 unspecified atom stereocenters. The van der Waals surface area contributed by atoms with Crippen molar-refractivity contribution >= 4 is 35.8 Å². The second kappa shape index (κ2) is 10.5. The van der Waals surface area contributed by atoms with Gasteiger partial charge in [-0.05, 0) is 35.4 Å². The van der Waals surface area contributed by atoms with Gasteiger partial charge in [0.1, 0.15) is 0 Å². The van der Waals surface area contributed by atoms with Gasteiger partial charge in [0.2, 0.25) is 5.91 Å². The fraction of sp³-hybridized carbons (Fsp3) is 0.222. The number of hydrogen-bond acceptors (Lipinski definition) is 4. The molecular formula is C18H23IN4O3. The smallest absolute Gasteiger partial charge is 0.248 e. The lowest BCUT2D eigenvalue weighted by molar-refractivity contribution is 0.100. The number of halogens is 1. The van der Waals surface area contributed by atoms with Crippen LogP contribution in [0.2, 0.25) is 0 Å². The van der Waals surface area contributed by atoms with Crippen molar-refractivity contribution in [3.63, 3.8) is 0 Å². The van der Waals surface area contributed by atoms with Gasteiger partial charge in [-0.3, -0.25) is 4.79 Å². The lowest BCUT2D eigenvalue weighted by atomic mass is 10.1. The van der Waals surface area contributed by atoms with E-state index in [1.807, 2.05) is 30.3 Å². The number of rotatable bonds is 7. The number of ether oxygens (including phenoxy) is 2. The first kappa shape index (κ1) is 21.6. The van der Waals surface area contributed by atoms with Gasteiger partial charge >= 0.3 is 0 Å². The van der Waals surface area contributed by atoms with Gasteiger partial charge in [-0.25, -0.2) is 4.99 Å². The van der Waals surface area contributed by atoms with Crippen LogP contribution in [0.25, 0.3) is 0 Å². The number of nitrogens with one attached hydrogen (secondary N) is 1. The molecule has 0 spiro atoms. The minimum absolute atomic E-state index is 0. The van der Waals surface area contributed by atoms with Crippen molar-refractivity contribution < 1.29 is 14.3 Å². The molecule has 0 aliphatic rings. The number of carbonyl (C=O) groups is 1. The Hall–Kier alpha value is -2.49. The number of carbonyl (C=O) groups excluding carboxylic acids is 1. The molecule has 0 heterocycles. The summed E-state index contributed by atoms with van der Waals surface area (Å²) in [5.41, 5.74) is 13.5. The monoisotopic (exact) mass is 470 g/mol. The number of nitrogens with two attached hydrogens (primary N) is 2. The van der Waals surface area contributed by atoms with Crippen molar-refractivity contribution in [2.24, 2.45) is 16.5 Å². The van der Waals surface area contributed by atoms with Crippen LogP contribution in [0.15, 0.2) is 47.5 Å². The highest BCUT2D eigenvalue weighted by molar-refractivity contribution is 14.0. The standard InChI is InChI=1S/C18H22N4O3.HI/c1-24-15-8-5-13(9-16(15)25-2)11-22-18(20)21-10-12-3-6-14(7-4-12)17(19)23;/h3-9H,10-11H2,1-2H3,(H2,19,23)(H3,20,21,22);1H. The fourth-order valence-corrected chi connectivity index (χ4v) is 2.19. The Labute approximate surface area is 169 Å². The molecule has 7 nitrogen and oxygen atoms in total. The molecule has 2 aromatic rings. The summed E-state index contributed by atoms with van der Waals surface area (Å²) in [5, 5.41) is 3.02. The molecule has 140 valence electrons. The van der Waals surface area contributed by atoms with Crippen molar-refractivity contribution in [3.8, 4) is 11.5 Å². The first-order valence-electron chi connectivity index (χ1n) is 7.67. The van der Waals surface area contributed by atoms with Crippen LogP contribution < -0.4 is 26.3 Å². The number of methoxy groups -OCH3 is 2. The second-order valence-corrected chi connectivity index (χ2v) is 5.31. The summed E-state index contributed by atoms with van der Waals surface area (Å²) in [4.78, 5) is 15.3. The van der Waals surface area contributed by atoms with Gasteiger partial charge < -0.3 is 26.3 Å². The molecule has 0 aliphatic carbocycles. The van der Waals surface area contributed by atoms with E-state index in [2.05, 4.69) is 10.3 Å². The Morgan fingerprint density at radius 2 is 1.62 bits per heavy atom. The SMILES string of the molecule is COc1ccc(CN=C(N)NCc2ccc(C(N)=O)cc2)cc1OC.I. The zero-order chi connectivity index (χ0) is 18.2. The third-order valence-corrected chi connectivity index (χ3v) is 3.59. The van der Waals surface area contributed by atoms with E-state index in [-0.39, 0.29) is 24.0 Å². The molecule has 0 radical (unpaired) electrons. The van der Waals surface area contributed by atoms with Crippen LogP contribution in [0.5, 0.6) is 11.5 Å². The molecule has 0 aromatic heterocycles. The van der Waals surface area contributed by atoms with Crippen LogP contribution in [-0.4, -0.2) is 26.1 Å². The Kier molecular flexibility index (Phi) is 8.70. The molecule has 2 rings (SSSR count). The van der Waals surface area contributed by atoms with Gasteiger partial charge in [0, 0.05) is 12.1 Å². The Balaban J connectivity index is 0.00000338. The van der Waals surface area contributed by atoms with E-state index in [9.17, 15) is 4.79 Å². The summed E-state index contributed by atoms with van der Waals surface area (Å²) in [5.74, 6) is 1.20. The van der Waals surface area contributed by atoms with Gasteiger partial charge in [-0.2, -0.15) is 0 Å². The third-order valence-electron chi connectivity index (χ3n) is 3.59. The minimum atomic E-state index is -0.449. The van der Waals surface area contributed by atoms with E-state index in [1.165, 1.54) is 0 Å². The van der Waals surface area contributed by atoms with Crippen LogP contribution in [-0.2, 0) is 13.1 Å². The summed E-state index contributed by atoms with van der Waals surface area (Å²) >= 11 is 0. The number of primary amides is 1. The summed E-state index contributed by atoms with van der Waals surface area (Å²) in [6.45, 7) is 0.917. The fourth-order valence-electron chi connectivity index (χ4n) is 2.19. The van der Waals surface area contributed by atoms with Gasteiger partial charge in [-0.1, -0.05) is 18.2 Å². The van der Waals surface area contributed by atoms with Crippen LogP contribution in [0.3, 0.4) is 0 Å². The molecule has 0 aliphatic heterocycles. The van der Waals surface area contributed by atoms with Gasteiger partial charge in [0.05, 0.1) is 20.8 Å². The highest BCUT2D eigenvalue weighted by Gasteiger charge is 2.04. The molecule has 8 heteroatoms. The number of hydrogen-bond donors (Lipinski definition) is 3. The molecule has 2 aromatic carbocycles. The Morgan fingerprint density at radius 3 is 2.19 bits per heavy atom. The lowest BCUT2D eigenvalue weighted by Gasteiger charge is -2.09. The highest BCUT2D eigenvalue weighted by Crippen LogP contribution is 2.27.